The van der Waals surface area contributed by atoms with E-state index < -0.39 is 22.9 Å². The summed E-state index contributed by atoms with van der Waals surface area (Å²) in [6.45, 7) is 2.30. The standard InChI is InChI=1S/C21H26F2N4O3S/c1-2-3-10-26-19(24)18(20(29)25-21(26)30)27(13-6-4-5-7-13)17(28)12-31-14-8-9-15(22)16(23)11-14/h8-9,11,13H,2-7,10,12,24H2,1H3,(H,25,29,30). The Labute approximate surface area is 182 Å². The van der Waals surface area contributed by atoms with Crippen LogP contribution in [-0.2, 0) is 11.3 Å². The maximum atomic E-state index is 13.5. The first-order valence-corrected chi connectivity index (χ1v) is 11.3. The molecule has 7 nitrogen and oxygen atoms in total. The minimum atomic E-state index is -0.992. The molecule has 3 N–H and O–H groups in total. The van der Waals surface area contributed by atoms with Gasteiger partial charge in [-0.15, -0.1) is 11.8 Å². The maximum Gasteiger partial charge on any atom is 0.330 e. The molecular formula is C21H26F2N4O3S. The van der Waals surface area contributed by atoms with Crippen molar-refractivity contribution in [3.05, 3.63) is 50.7 Å². The van der Waals surface area contributed by atoms with E-state index in [1.54, 1.807) is 0 Å². The fourth-order valence-corrected chi connectivity index (χ4v) is 4.58. The average molecular weight is 453 g/mol. The van der Waals surface area contributed by atoms with Crippen LogP contribution < -0.4 is 21.9 Å². The van der Waals surface area contributed by atoms with Gasteiger partial charge in [0, 0.05) is 17.5 Å². The third-order valence-corrected chi connectivity index (χ3v) is 6.38. The third kappa shape index (κ3) is 5.17. The number of nitrogens with two attached hydrogens (primary N) is 1. The van der Waals surface area contributed by atoms with E-state index >= 15 is 0 Å². The van der Waals surface area contributed by atoms with Crippen molar-refractivity contribution in [2.45, 2.75) is 62.9 Å². The summed E-state index contributed by atoms with van der Waals surface area (Å²) in [7, 11) is 0. The van der Waals surface area contributed by atoms with Crippen LogP contribution in [0.4, 0.5) is 20.3 Å². The van der Waals surface area contributed by atoms with E-state index in [-0.39, 0.29) is 29.2 Å². The highest BCUT2D eigenvalue weighted by atomic mass is 32.2. The normalized spacial score (nSPS) is 14.2. The zero-order valence-corrected chi connectivity index (χ0v) is 18.1. The molecule has 10 heteroatoms. The molecule has 1 amide bonds. The minimum Gasteiger partial charge on any atom is -0.383 e. The fourth-order valence-electron chi connectivity index (χ4n) is 3.80. The number of nitrogens with zero attached hydrogens (tertiary/aromatic N) is 2. The summed E-state index contributed by atoms with van der Waals surface area (Å²) in [6.07, 6.45) is 4.79. The van der Waals surface area contributed by atoms with Gasteiger partial charge in [-0.2, -0.15) is 0 Å². The molecule has 3 rings (SSSR count). The van der Waals surface area contributed by atoms with Gasteiger partial charge in [-0.25, -0.2) is 13.6 Å². The molecule has 0 aliphatic heterocycles. The molecule has 1 heterocycles. The molecule has 0 spiro atoms. The highest BCUT2D eigenvalue weighted by Gasteiger charge is 2.32. The number of anilines is 2. The maximum absolute atomic E-state index is 13.5. The molecule has 1 aromatic heterocycles. The number of nitrogen functional groups attached to an aromatic ring is 1. The largest absolute Gasteiger partial charge is 0.383 e. The fraction of sp³-hybridized carbons (Fsp3) is 0.476. The third-order valence-electron chi connectivity index (χ3n) is 5.40. The van der Waals surface area contributed by atoms with Gasteiger partial charge in [0.05, 0.1) is 5.75 Å². The number of rotatable bonds is 8. The average Bonchev–Trinajstić information content (AvgIpc) is 3.25. The van der Waals surface area contributed by atoms with Crippen LogP contribution in [0.1, 0.15) is 45.4 Å². The summed E-state index contributed by atoms with van der Waals surface area (Å²) >= 11 is 1.05. The second kappa shape index (κ2) is 10.1. The van der Waals surface area contributed by atoms with Crippen LogP contribution in [0.3, 0.4) is 0 Å². The van der Waals surface area contributed by atoms with Crippen LogP contribution in [0.15, 0.2) is 32.7 Å². The first kappa shape index (κ1) is 23.1. The number of carbonyl (C=O) groups excluding carboxylic acids is 1. The van der Waals surface area contributed by atoms with Crippen molar-refractivity contribution in [1.82, 2.24) is 9.55 Å². The van der Waals surface area contributed by atoms with Crippen LogP contribution in [-0.4, -0.2) is 27.3 Å². The SMILES string of the molecule is CCCCn1c(N)c(N(C(=O)CSc2ccc(F)c(F)c2)C2CCCC2)c(=O)[nH]c1=O. The zero-order valence-electron chi connectivity index (χ0n) is 17.3. The quantitative estimate of drug-likeness (QED) is 0.599. The highest BCUT2D eigenvalue weighted by molar-refractivity contribution is 8.00. The predicted molar refractivity (Wildman–Crippen MR) is 117 cm³/mol. The number of H-pyrrole nitrogens is 1. The summed E-state index contributed by atoms with van der Waals surface area (Å²) in [5.74, 6) is -2.44. The molecule has 0 saturated heterocycles. The number of benzene rings is 1. The van der Waals surface area contributed by atoms with Crippen LogP contribution in [0, 0.1) is 11.6 Å². The number of amides is 1. The topological polar surface area (TPSA) is 101 Å². The molecule has 1 aliphatic rings. The lowest BCUT2D eigenvalue weighted by Gasteiger charge is -2.30. The van der Waals surface area contributed by atoms with Gasteiger partial charge in [0.15, 0.2) is 17.3 Å². The molecule has 0 radical (unpaired) electrons. The van der Waals surface area contributed by atoms with E-state index in [0.29, 0.717) is 30.7 Å². The lowest BCUT2D eigenvalue weighted by Crippen LogP contribution is -2.46. The van der Waals surface area contributed by atoms with Gasteiger partial charge in [-0.3, -0.25) is 19.1 Å². The molecule has 0 bridgehead atoms. The highest BCUT2D eigenvalue weighted by Crippen LogP contribution is 2.31. The summed E-state index contributed by atoms with van der Waals surface area (Å²) in [5, 5.41) is 0. The van der Waals surface area contributed by atoms with Crippen molar-refractivity contribution >= 4 is 29.2 Å². The van der Waals surface area contributed by atoms with E-state index in [0.717, 1.165) is 43.2 Å². The summed E-state index contributed by atoms with van der Waals surface area (Å²) in [5.41, 5.74) is 4.91. The van der Waals surface area contributed by atoms with E-state index in [4.69, 9.17) is 5.73 Å². The Morgan fingerprint density at radius 3 is 2.61 bits per heavy atom. The van der Waals surface area contributed by atoms with Gasteiger partial charge in [0.1, 0.15) is 5.82 Å². The van der Waals surface area contributed by atoms with Gasteiger partial charge in [-0.1, -0.05) is 26.2 Å². The van der Waals surface area contributed by atoms with E-state index in [1.807, 2.05) is 6.92 Å². The number of nitrogens with one attached hydrogen (secondary N) is 1. The summed E-state index contributed by atoms with van der Waals surface area (Å²) < 4.78 is 27.9. The number of aromatic amines is 1. The summed E-state index contributed by atoms with van der Waals surface area (Å²) in [6, 6.07) is 3.21. The molecular weight excluding hydrogens is 426 g/mol. The van der Waals surface area contributed by atoms with E-state index in [9.17, 15) is 23.2 Å². The van der Waals surface area contributed by atoms with Gasteiger partial charge < -0.3 is 10.6 Å². The van der Waals surface area contributed by atoms with Crippen molar-refractivity contribution < 1.29 is 13.6 Å². The Morgan fingerprint density at radius 1 is 1.26 bits per heavy atom. The van der Waals surface area contributed by atoms with E-state index in [1.165, 1.54) is 15.5 Å². The zero-order chi connectivity index (χ0) is 22.5. The monoisotopic (exact) mass is 452 g/mol. The van der Waals surface area contributed by atoms with Crippen LogP contribution >= 0.6 is 11.8 Å². The lowest BCUT2D eigenvalue weighted by atomic mass is 10.2. The smallest absolute Gasteiger partial charge is 0.330 e. The Balaban J connectivity index is 1.94. The first-order chi connectivity index (χ1) is 14.8. The number of hydrogen-bond acceptors (Lipinski definition) is 5. The molecule has 0 unspecified atom stereocenters. The lowest BCUT2D eigenvalue weighted by molar-refractivity contribution is -0.116. The van der Waals surface area contributed by atoms with Gasteiger partial charge in [0.25, 0.3) is 5.56 Å². The van der Waals surface area contributed by atoms with Crippen LogP contribution in [0.2, 0.25) is 0 Å². The van der Waals surface area contributed by atoms with Crippen molar-refractivity contribution in [2.75, 3.05) is 16.4 Å². The Hall–Kier alpha value is -2.62. The van der Waals surface area contributed by atoms with Crippen molar-refractivity contribution in [1.29, 1.82) is 0 Å². The van der Waals surface area contributed by atoms with Crippen molar-refractivity contribution in [3.8, 4) is 0 Å². The molecule has 1 fully saturated rings. The first-order valence-electron chi connectivity index (χ1n) is 10.4. The van der Waals surface area contributed by atoms with Crippen LogP contribution in [0.5, 0.6) is 0 Å². The van der Waals surface area contributed by atoms with Crippen molar-refractivity contribution in [2.24, 2.45) is 0 Å². The van der Waals surface area contributed by atoms with Gasteiger partial charge in [-0.05, 0) is 37.5 Å². The number of halogens is 2. The minimum absolute atomic E-state index is 0.0153. The molecule has 1 aliphatic carbocycles. The number of thioether (sulfide) groups is 1. The van der Waals surface area contributed by atoms with E-state index in [2.05, 4.69) is 4.98 Å². The van der Waals surface area contributed by atoms with Crippen LogP contribution in [0.25, 0.3) is 0 Å². The molecule has 1 aromatic carbocycles. The Morgan fingerprint density at radius 2 is 1.97 bits per heavy atom. The molecule has 2 aromatic rings. The molecule has 1 saturated carbocycles. The Bertz CT molecular complexity index is 1060. The second-order valence-corrected chi connectivity index (χ2v) is 8.61. The number of carbonyl (C=O) groups is 1. The molecule has 31 heavy (non-hydrogen) atoms. The Kier molecular flexibility index (Phi) is 7.53. The van der Waals surface area contributed by atoms with Gasteiger partial charge in [0.2, 0.25) is 5.91 Å². The summed E-state index contributed by atoms with van der Waals surface area (Å²) in [4.78, 5) is 42.3. The number of hydrogen-bond donors (Lipinski definition) is 2. The predicted octanol–water partition coefficient (Wildman–Crippen LogP) is 3.27. The van der Waals surface area contributed by atoms with Crippen molar-refractivity contribution in [3.63, 3.8) is 0 Å². The second-order valence-electron chi connectivity index (χ2n) is 7.56. The van der Waals surface area contributed by atoms with Gasteiger partial charge >= 0.3 is 5.69 Å². The molecule has 168 valence electrons. The number of aromatic nitrogens is 2. The molecule has 0 atom stereocenters. The number of unbranched alkanes of at least 4 members (excludes halogenated alkanes) is 1.